The summed E-state index contributed by atoms with van der Waals surface area (Å²) in [5.41, 5.74) is 0. The van der Waals surface area contributed by atoms with Gasteiger partial charge >= 0.3 is 0 Å². The highest BCUT2D eigenvalue weighted by atomic mass is 16.3. The van der Waals surface area contributed by atoms with Crippen LogP contribution in [-0.4, -0.2) is 60.0 Å². The van der Waals surface area contributed by atoms with Crippen LogP contribution in [0.5, 0.6) is 0 Å². The Morgan fingerprint density at radius 1 is 1.33 bits per heavy atom. The van der Waals surface area contributed by atoms with E-state index in [9.17, 15) is 5.11 Å². The Morgan fingerprint density at radius 2 is 2.11 bits per heavy atom. The van der Waals surface area contributed by atoms with Crippen molar-refractivity contribution in [3.63, 3.8) is 0 Å². The molecule has 0 spiro atoms. The molecule has 1 aliphatic rings. The molecule has 3 unspecified atom stereocenters. The summed E-state index contributed by atoms with van der Waals surface area (Å²) in [5, 5.41) is 22.1. The average molecular weight is 258 g/mol. The van der Waals surface area contributed by atoms with E-state index >= 15 is 0 Å². The molecule has 1 aliphatic heterocycles. The van der Waals surface area contributed by atoms with Gasteiger partial charge in [0.05, 0.1) is 12.7 Å². The molecule has 1 heterocycles. The highest BCUT2D eigenvalue weighted by molar-refractivity contribution is 4.84. The Hall–Kier alpha value is -0.160. The zero-order valence-electron chi connectivity index (χ0n) is 11.9. The first-order valence-corrected chi connectivity index (χ1v) is 7.44. The second-order valence-corrected chi connectivity index (χ2v) is 5.53. The van der Waals surface area contributed by atoms with Crippen LogP contribution in [0.3, 0.4) is 0 Å². The fourth-order valence-corrected chi connectivity index (χ4v) is 2.94. The summed E-state index contributed by atoms with van der Waals surface area (Å²) < 4.78 is 0. The molecule has 1 saturated heterocycles. The minimum Gasteiger partial charge on any atom is -0.395 e. The number of aliphatic hydroxyl groups excluding tert-OH is 2. The monoisotopic (exact) mass is 258 g/mol. The van der Waals surface area contributed by atoms with Gasteiger partial charge in [0.1, 0.15) is 0 Å². The summed E-state index contributed by atoms with van der Waals surface area (Å²) in [6.07, 6.45) is 3.90. The molecule has 0 aromatic rings. The fraction of sp³-hybridized carbons (Fsp3) is 1.00. The van der Waals surface area contributed by atoms with E-state index in [2.05, 4.69) is 17.1 Å². The number of nitrogens with one attached hydrogen (secondary N) is 1. The number of hydrogen-bond acceptors (Lipinski definition) is 4. The number of nitrogens with zero attached hydrogens (tertiary/aromatic N) is 1. The van der Waals surface area contributed by atoms with Crippen LogP contribution in [0, 0.1) is 5.92 Å². The summed E-state index contributed by atoms with van der Waals surface area (Å²) >= 11 is 0. The number of aliphatic hydroxyl groups is 2. The van der Waals surface area contributed by atoms with Gasteiger partial charge in [-0.2, -0.15) is 0 Å². The zero-order valence-corrected chi connectivity index (χ0v) is 11.9. The number of hydrogen-bond donors (Lipinski definition) is 3. The van der Waals surface area contributed by atoms with Gasteiger partial charge in [-0.3, -0.25) is 0 Å². The molecule has 4 nitrogen and oxygen atoms in total. The average Bonchev–Trinajstić information content (AvgIpc) is 2.36. The molecule has 0 amide bonds. The van der Waals surface area contributed by atoms with Crippen LogP contribution in [0.15, 0.2) is 0 Å². The maximum atomic E-state index is 9.81. The molecule has 0 bridgehead atoms. The quantitative estimate of drug-likeness (QED) is 0.604. The van der Waals surface area contributed by atoms with Crippen LogP contribution in [0.25, 0.3) is 0 Å². The van der Waals surface area contributed by atoms with Gasteiger partial charge in [-0.15, -0.1) is 0 Å². The molecule has 0 saturated carbocycles. The van der Waals surface area contributed by atoms with Crippen molar-refractivity contribution < 1.29 is 10.2 Å². The molecule has 0 aromatic carbocycles. The molecule has 0 radical (unpaired) electrons. The van der Waals surface area contributed by atoms with E-state index in [0.29, 0.717) is 18.5 Å². The first kappa shape index (κ1) is 15.9. The summed E-state index contributed by atoms with van der Waals surface area (Å²) in [6, 6.07) is 0.464. The van der Waals surface area contributed by atoms with Gasteiger partial charge in [0.25, 0.3) is 0 Å². The third-order valence-electron chi connectivity index (χ3n) is 3.77. The number of rotatable bonds is 8. The maximum Gasteiger partial charge on any atom is 0.0556 e. The smallest absolute Gasteiger partial charge is 0.0556 e. The molecule has 1 rings (SSSR count). The second-order valence-electron chi connectivity index (χ2n) is 5.53. The summed E-state index contributed by atoms with van der Waals surface area (Å²) in [4.78, 5) is 2.49. The number of likely N-dealkylation sites (tertiary alicyclic amines) is 1. The van der Waals surface area contributed by atoms with E-state index in [1.807, 2.05) is 6.92 Å². The topological polar surface area (TPSA) is 55.7 Å². The molecule has 3 atom stereocenters. The van der Waals surface area contributed by atoms with E-state index in [-0.39, 0.29) is 12.7 Å². The first-order valence-electron chi connectivity index (χ1n) is 7.44. The van der Waals surface area contributed by atoms with Crippen molar-refractivity contribution in [2.24, 2.45) is 5.92 Å². The van der Waals surface area contributed by atoms with Crippen molar-refractivity contribution in [1.82, 2.24) is 10.2 Å². The SMILES string of the molecule is CCCN1CC(CC(O)CC)CC(NCCO)C1. The van der Waals surface area contributed by atoms with E-state index in [1.54, 1.807) is 0 Å². The largest absolute Gasteiger partial charge is 0.395 e. The lowest BCUT2D eigenvalue weighted by atomic mass is 9.88. The lowest BCUT2D eigenvalue weighted by Crippen LogP contribution is -2.50. The predicted octanol–water partition coefficient (Wildman–Crippen LogP) is 0.830. The molecule has 1 fully saturated rings. The van der Waals surface area contributed by atoms with Crippen molar-refractivity contribution in [2.45, 2.75) is 51.7 Å². The molecule has 0 aromatic heterocycles. The van der Waals surface area contributed by atoms with Crippen molar-refractivity contribution in [1.29, 1.82) is 0 Å². The molecule has 4 heteroatoms. The third kappa shape index (κ3) is 5.65. The standard InChI is InChI=1S/C14H30N2O2/c1-3-6-16-10-12(9-14(18)4-2)8-13(11-16)15-5-7-17/h12-15,17-18H,3-11H2,1-2H3. The zero-order chi connectivity index (χ0) is 13.4. The van der Waals surface area contributed by atoms with Gasteiger partial charge in [-0.25, -0.2) is 0 Å². The molecule has 0 aliphatic carbocycles. The van der Waals surface area contributed by atoms with E-state index < -0.39 is 0 Å². The summed E-state index contributed by atoms with van der Waals surface area (Å²) in [5.74, 6) is 0.580. The highest BCUT2D eigenvalue weighted by Crippen LogP contribution is 2.22. The normalized spacial score (nSPS) is 27.3. The van der Waals surface area contributed by atoms with Crippen LogP contribution < -0.4 is 5.32 Å². The van der Waals surface area contributed by atoms with Crippen molar-refractivity contribution in [2.75, 3.05) is 32.8 Å². The Morgan fingerprint density at radius 3 is 2.72 bits per heavy atom. The molecule has 108 valence electrons. The van der Waals surface area contributed by atoms with Crippen LogP contribution in [0.4, 0.5) is 0 Å². The van der Waals surface area contributed by atoms with Crippen LogP contribution in [-0.2, 0) is 0 Å². The van der Waals surface area contributed by atoms with E-state index in [4.69, 9.17) is 5.11 Å². The van der Waals surface area contributed by atoms with Gasteiger partial charge in [0.2, 0.25) is 0 Å². The molecule has 3 N–H and O–H groups in total. The Kier molecular flexibility index (Phi) is 7.82. The van der Waals surface area contributed by atoms with Gasteiger partial charge in [-0.1, -0.05) is 13.8 Å². The lowest BCUT2D eigenvalue weighted by molar-refractivity contribution is 0.0827. The molecular formula is C14H30N2O2. The molecular weight excluding hydrogens is 228 g/mol. The van der Waals surface area contributed by atoms with Gasteiger partial charge < -0.3 is 20.4 Å². The van der Waals surface area contributed by atoms with Gasteiger partial charge in [0.15, 0.2) is 0 Å². The van der Waals surface area contributed by atoms with E-state index in [1.165, 1.54) is 6.42 Å². The predicted molar refractivity (Wildman–Crippen MR) is 74.6 cm³/mol. The van der Waals surface area contributed by atoms with Crippen molar-refractivity contribution in [3.8, 4) is 0 Å². The molecule has 18 heavy (non-hydrogen) atoms. The Bertz CT molecular complexity index is 214. The van der Waals surface area contributed by atoms with Gasteiger partial charge in [-0.05, 0) is 38.1 Å². The third-order valence-corrected chi connectivity index (χ3v) is 3.77. The summed E-state index contributed by atoms with van der Waals surface area (Å²) in [6.45, 7) is 8.45. The lowest BCUT2D eigenvalue weighted by Gasteiger charge is -2.38. The van der Waals surface area contributed by atoms with Crippen LogP contribution >= 0.6 is 0 Å². The number of piperidine rings is 1. The highest BCUT2D eigenvalue weighted by Gasteiger charge is 2.27. The maximum absolute atomic E-state index is 9.81. The van der Waals surface area contributed by atoms with Crippen molar-refractivity contribution >= 4 is 0 Å². The van der Waals surface area contributed by atoms with Crippen molar-refractivity contribution in [3.05, 3.63) is 0 Å². The van der Waals surface area contributed by atoms with Crippen LogP contribution in [0.1, 0.15) is 39.5 Å². The van der Waals surface area contributed by atoms with E-state index in [0.717, 1.165) is 38.9 Å². The Balaban J connectivity index is 2.45. The van der Waals surface area contributed by atoms with Crippen LogP contribution in [0.2, 0.25) is 0 Å². The second kappa shape index (κ2) is 8.86. The van der Waals surface area contributed by atoms with Gasteiger partial charge in [0, 0.05) is 25.7 Å². The fourth-order valence-electron chi connectivity index (χ4n) is 2.94. The minimum atomic E-state index is -0.157. The minimum absolute atomic E-state index is 0.157. The summed E-state index contributed by atoms with van der Waals surface area (Å²) in [7, 11) is 0. The Labute approximate surface area is 111 Å². The first-order chi connectivity index (χ1) is 8.69.